The van der Waals surface area contributed by atoms with Crippen LogP contribution in [-0.4, -0.2) is 23.9 Å². The van der Waals surface area contributed by atoms with Crippen LogP contribution in [0.4, 0.5) is 0 Å². The fourth-order valence-corrected chi connectivity index (χ4v) is 3.23. The molecule has 1 amide bonds. The number of carbonyl (C=O) groups is 1. The van der Waals surface area contributed by atoms with Gasteiger partial charge < -0.3 is 9.64 Å². The number of likely N-dealkylation sites (tertiary alicyclic amines) is 1. The van der Waals surface area contributed by atoms with Crippen molar-refractivity contribution in [2.45, 2.75) is 26.4 Å². The predicted octanol–water partition coefficient (Wildman–Crippen LogP) is 5.44. The van der Waals surface area contributed by atoms with E-state index in [2.05, 4.69) is 6.92 Å². The van der Waals surface area contributed by atoms with Gasteiger partial charge in [-0.3, -0.25) is 4.79 Å². The Morgan fingerprint density at radius 2 is 1.88 bits per heavy atom. The third kappa shape index (κ3) is 4.68. The lowest BCUT2D eigenvalue weighted by Crippen LogP contribution is -2.37. The normalized spacial score (nSPS) is 15.2. The number of halogens is 2. The smallest absolute Gasteiger partial charge is 0.253 e. The fourth-order valence-electron chi connectivity index (χ4n) is 2.91. The molecule has 5 heteroatoms. The van der Waals surface area contributed by atoms with Crippen molar-refractivity contribution in [2.75, 3.05) is 13.1 Å². The van der Waals surface area contributed by atoms with E-state index >= 15 is 0 Å². The first-order chi connectivity index (χ1) is 12.0. The third-order valence-corrected chi connectivity index (χ3v) is 5.28. The maximum Gasteiger partial charge on any atom is 0.253 e. The van der Waals surface area contributed by atoms with Gasteiger partial charge in [0.25, 0.3) is 5.91 Å². The summed E-state index contributed by atoms with van der Waals surface area (Å²) in [6.07, 6.45) is 2.14. The highest BCUT2D eigenvalue weighted by Crippen LogP contribution is 2.24. The Labute approximate surface area is 158 Å². The minimum Gasteiger partial charge on any atom is -0.489 e. The van der Waals surface area contributed by atoms with Gasteiger partial charge in [-0.2, -0.15) is 0 Å². The molecule has 0 N–H and O–H groups in total. The summed E-state index contributed by atoms with van der Waals surface area (Å²) in [6.45, 7) is 4.26. The van der Waals surface area contributed by atoms with Crippen LogP contribution in [0.25, 0.3) is 0 Å². The Bertz CT molecular complexity index is 755. The topological polar surface area (TPSA) is 29.5 Å². The van der Waals surface area contributed by atoms with E-state index in [1.807, 2.05) is 29.2 Å². The molecule has 1 aliphatic heterocycles. The zero-order valence-corrected chi connectivity index (χ0v) is 15.7. The second-order valence-corrected chi connectivity index (χ2v) is 7.35. The van der Waals surface area contributed by atoms with Gasteiger partial charge in [0.2, 0.25) is 0 Å². The molecule has 2 aromatic carbocycles. The Morgan fingerprint density at radius 1 is 1.12 bits per heavy atom. The number of carbonyl (C=O) groups excluding carboxylic acids is 1. The summed E-state index contributed by atoms with van der Waals surface area (Å²) in [7, 11) is 0. The molecule has 3 rings (SSSR count). The van der Waals surface area contributed by atoms with Crippen molar-refractivity contribution in [1.29, 1.82) is 0 Å². The van der Waals surface area contributed by atoms with Crippen LogP contribution in [0.3, 0.4) is 0 Å². The summed E-state index contributed by atoms with van der Waals surface area (Å²) in [5.74, 6) is 1.44. The summed E-state index contributed by atoms with van der Waals surface area (Å²) >= 11 is 11.9. The third-order valence-electron chi connectivity index (χ3n) is 4.54. The molecule has 1 aliphatic rings. The second-order valence-electron chi connectivity index (χ2n) is 6.54. The average molecular weight is 378 g/mol. The molecule has 0 spiro atoms. The molecule has 0 aliphatic carbocycles. The van der Waals surface area contributed by atoms with Gasteiger partial charge in [-0.1, -0.05) is 42.3 Å². The van der Waals surface area contributed by atoms with Crippen LogP contribution in [0, 0.1) is 5.92 Å². The minimum atomic E-state index is 0.0758. The molecule has 0 aromatic heterocycles. The summed E-state index contributed by atoms with van der Waals surface area (Å²) in [6, 6.07) is 12.8. The fraction of sp³-hybridized carbons (Fsp3) is 0.350. The van der Waals surface area contributed by atoms with Crippen LogP contribution >= 0.6 is 23.2 Å². The van der Waals surface area contributed by atoms with Crippen molar-refractivity contribution in [3.63, 3.8) is 0 Å². The lowest BCUT2D eigenvalue weighted by atomic mass is 9.98. The minimum absolute atomic E-state index is 0.0758. The quantitative estimate of drug-likeness (QED) is 0.709. The van der Waals surface area contributed by atoms with E-state index in [1.165, 1.54) is 0 Å². The van der Waals surface area contributed by atoms with Gasteiger partial charge in [0.1, 0.15) is 12.4 Å². The first kappa shape index (κ1) is 18.1. The molecule has 132 valence electrons. The number of hydrogen-bond donors (Lipinski definition) is 0. The monoisotopic (exact) mass is 377 g/mol. The van der Waals surface area contributed by atoms with Crippen LogP contribution in [0.1, 0.15) is 35.7 Å². The lowest BCUT2D eigenvalue weighted by Gasteiger charge is -2.30. The van der Waals surface area contributed by atoms with Gasteiger partial charge >= 0.3 is 0 Å². The number of benzene rings is 2. The standard InChI is InChI=1S/C20H21Cl2NO2/c1-14-7-9-23(10-8-14)20(24)16-3-2-4-17(12-16)25-13-15-5-6-18(21)19(22)11-15/h2-6,11-12,14H,7-10,13H2,1H3. The van der Waals surface area contributed by atoms with E-state index in [0.717, 1.165) is 31.5 Å². The van der Waals surface area contributed by atoms with Crippen LogP contribution in [-0.2, 0) is 6.61 Å². The number of rotatable bonds is 4. The molecule has 0 atom stereocenters. The van der Waals surface area contributed by atoms with E-state index in [0.29, 0.717) is 33.9 Å². The van der Waals surface area contributed by atoms with E-state index in [9.17, 15) is 4.79 Å². The Kier molecular flexibility index (Phi) is 5.87. The molecule has 1 heterocycles. The number of nitrogens with zero attached hydrogens (tertiary/aromatic N) is 1. The van der Waals surface area contributed by atoms with Crippen molar-refractivity contribution < 1.29 is 9.53 Å². The van der Waals surface area contributed by atoms with Gasteiger partial charge in [0.15, 0.2) is 0 Å². The van der Waals surface area contributed by atoms with Crippen molar-refractivity contribution in [3.05, 3.63) is 63.6 Å². The first-order valence-electron chi connectivity index (χ1n) is 8.49. The molecule has 0 unspecified atom stereocenters. The van der Waals surface area contributed by atoms with Gasteiger partial charge in [0.05, 0.1) is 10.0 Å². The van der Waals surface area contributed by atoms with E-state index < -0.39 is 0 Å². The molecule has 0 bridgehead atoms. The summed E-state index contributed by atoms with van der Waals surface area (Å²) < 4.78 is 5.81. The number of piperidine rings is 1. The second kappa shape index (κ2) is 8.11. The molecular weight excluding hydrogens is 357 g/mol. The van der Waals surface area contributed by atoms with Crippen molar-refractivity contribution in [1.82, 2.24) is 4.90 Å². The molecular formula is C20H21Cl2NO2. The predicted molar refractivity (Wildman–Crippen MR) is 102 cm³/mol. The first-order valence-corrected chi connectivity index (χ1v) is 9.24. The lowest BCUT2D eigenvalue weighted by molar-refractivity contribution is 0.0696. The van der Waals surface area contributed by atoms with E-state index in [-0.39, 0.29) is 5.91 Å². The van der Waals surface area contributed by atoms with E-state index in [1.54, 1.807) is 18.2 Å². The van der Waals surface area contributed by atoms with Crippen molar-refractivity contribution in [2.24, 2.45) is 5.92 Å². The van der Waals surface area contributed by atoms with Gasteiger partial charge in [-0.05, 0) is 54.7 Å². The summed E-state index contributed by atoms with van der Waals surface area (Å²) in [4.78, 5) is 14.6. The summed E-state index contributed by atoms with van der Waals surface area (Å²) in [5, 5.41) is 1.03. The highest BCUT2D eigenvalue weighted by molar-refractivity contribution is 6.42. The van der Waals surface area contributed by atoms with Gasteiger partial charge in [-0.25, -0.2) is 0 Å². The SMILES string of the molecule is CC1CCN(C(=O)c2cccc(OCc3ccc(Cl)c(Cl)c3)c2)CC1. The zero-order chi connectivity index (χ0) is 17.8. The van der Waals surface area contributed by atoms with Crippen molar-refractivity contribution >= 4 is 29.1 Å². The van der Waals surface area contributed by atoms with Crippen LogP contribution in [0.15, 0.2) is 42.5 Å². The molecule has 3 nitrogen and oxygen atoms in total. The molecule has 2 aromatic rings. The van der Waals surface area contributed by atoms with Crippen LogP contribution in [0.5, 0.6) is 5.75 Å². The molecule has 1 saturated heterocycles. The van der Waals surface area contributed by atoms with Crippen LogP contribution in [0.2, 0.25) is 10.0 Å². The molecule has 0 radical (unpaired) electrons. The van der Waals surface area contributed by atoms with E-state index in [4.69, 9.17) is 27.9 Å². The molecule has 1 fully saturated rings. The largest absolute Gasteiger partial charge is 0.489 e. The van der Waals surface area contributed by atoms with Crippen LogP contribution < -0.4 is 4.74 Å². The maximum absolute atomic E-state index is 12.7. The zero-order valence-electron chi connectivity index (χ0n) is 14.2. The maximum atomic E-state index is 12.7. The highest BCUT2D eigenvalue weighted by atomic mass is 35.5. The summed E-state index contributed by atoms with van der Waals surface area (Å²) in [5.41, 5.74) is 1.59. The van der Waals surface area contributed by atoms with Gasteiger partial charge in [0, 0.05) is 18.7 Å². The molecule has 25 heavy (non-hydrogen) atoms. The Hall–Kier alpha value is -1.71. The molecule has 0 saturated carbocycles. The Morgan fingerprint density at radius 3 is 2.60 bits per heavy atom. The number of ether oxygens (including phenoxy) is 1. The average Bonchev–Trinajstić information content (AvgIpc) is 2.63. The Balaban J connectivity index is 1.64. The highest BCUT2D eigenvalue weighted by Gasteiger charge is 2.21. The number of hydrogen-bond acceptors (Lipinski definition) is 2. The van der Waals surface area contributed by atoms with Crippen molar-refractivity contribution in [3.8, 4) is 5.75 Å². The van der Waals surface area contributed by atoms with Gasteiger partial charge in [-0.15, -0.1) is 0 Å². The number of amides is 1.